The molecule has 0 fully saturated rings. The SMILES string of the molecule is CCCNC(C)c1cnn(-c2ccccc2[N+](=O)[O-])c1C. The Labute approximate surface area is 123 Å². The van der Waals surface area contributed by atoms with Gasteiger partial charge in [-0.15, -0.1) is 0 Å². The lowest BCUT2D eigenvalue weighted by atomic mass is 10.1. The van der Waals surface area contributed by atoms with Gasteiger partial charge in [-0.25, -0.2) is 4.68 Å². The van der Waals surface area contributed by atoms with Gasteiger partial charge in [-0.2, -0.15) is 5.10 Å². The van der Waals surface area contributed by atoms with E-state index in [-0.39, 0.29) is 16.7 Å². The van der Waals surface area contributed by atoms with Crippen molar-refractivity contribution in [1.82, 2.24) is 15.1 Å². The molecule has 2 rings (SSSR count). The first-order valence-electron chi connectivity index (χ1n) is 7.08. The number of hydrogen-bond donors (Lipinski definition) is 1. The highest BCUT2D eigenvalue weighted by Gasteiger charge is 2.19. The summed E-state index contributed by atoms with van der Waals surface area (Å²) in [4.78, 5) is 10.8. The molecular formula is C15H20N4O2. The molecule has 112 valence electrons. The van der Waals surface area contributed by atoms with E-state index < -0.39 is 0 Å². The molecule has 1 aromatic carbocycles. The smallest absolute Gasteiger partial charge is 0.294 e. The van der Waals surface area contributed by atoms with Gasteiger partial charge in [0, 0.05) is 23.4 Å². The molecule has 1 atom stereocenters. The minimum absolute atomic E-state index is 0.0596. The highest BCUT2D eigenvalue weighted by atomic mass is 16.6. The molecule has 6 heteroatoms. The second-order valence-electron chi connectivity index (χ2n) is 5.02. The van der Waals surface area contributed by atoms with Crippen LogP contribution in [0.3, 0.4) is 0 Å². The Bertz CT molecular complexity index is 636. The minimum atomic E-state index is -0.380. The molecule has 0 saturated heterocycles. The van der Waals surface area contributed by atoms with Gasteiger partial charge in [-0.1, -0.05) is 19.1 Å². The second kappa shape index (κ2) is 6.49. The first-order valence-corrected chi connectivity index (χ1v) is 7.08. The first-order chi connectivity index (χ1) is 10.1. The van der Waals surface area contributed by atoms with E-state index in [2.05, 4.69) is 24.3 Å². The summed E-state index contributed by atoms with van der Waals surface area (Å²) in [6.07, 6.45) is 2.83. The fourth-order valence-corrected chi connectivity index (χ4v) is 2.36. The number of nitro groups is 1. The number of aromatic nitrogens is 2. The van der Waals surface area contributed by atoms with Crippen LogP contribution in [-0.2, 0) is 0 Å². The summed E-state index contributed by atoms with van der Waals surface area (Å²) in [5.41, 5.74) is 2.53. The normalized spacial score (nSPS) is 12.3. The van der Waals surface area contributed by atoms with E-state index >= 15 is 0 Å². The van der Waals surface area contributed by atoms with Crippen molar-refractivity contribution in [3.8, 4) is 5.69 Å². The number of para-hydroxylation sites is 2. The summed E-state index contributed by atoms with van der Waals surface area (Å²) in [7, 11) is 0. The summed E-state index contributed by atoms with van der Waals surface area (Å²) in [6.45, 7) is 7.05. The molecule has 21 heavy (non-hydrogen) atoms. The minimum Gasteiger partial charge on any atom is -0.310 e. The maximum Gasteiger partial charge on any atom is 0.294 e. The lowest BCUT2D eigenvalue weighted by molar-refractivity contribution is -0.384. The highest BCUT2D eigenvalue weighted by molar-refractivity contribution is 5.52. The van der Waals surface area contributed by atoms with E-state index in [0.29, 0.717) is 5.69 Å². The van der Waals surface area contributed by atoms with Crippen molar-refractivity contribution in [2.24, 2.45) is 0 Å². The topological polar surface area (TPSA) is 73.0 Å². The van der Waals surface area contributed by atoms with Crippen molar-refractivity contribution in [1.29, 1.82) is 0 Å². The first kappa shape index (κ1) is 15.2. The van der Waals surface area contributed by atoms with Crippen LogP contribution in [0.2, 0.25) is 0 Å². The van der Waals surface area contributed by atoms with Crippen LogP contribution in [0.15, 0.2) is 30.5 Å². The standard InChI is InChI=1S/C15H20N4O2/c1-4-9-16-11(2)13-10-17-18(12(13)3)14-7-5-6-8-15(14)19(20)21/h5-8,10-11,16H,4,9H2,1-3H3. The fourth-order valence-electron chi connectivity index (χ4n) is 2.36. The third-order valence-electron chi connectivity index (χ3n) is 3.52. The van der Waals surface area contributed by atoms with Gasteiger partial charge in [0.2, 0.25) is 0 Å². The van der Waals surface area contributed by atoms with Gasteiger partial charge in [0.25, 0.3) is 5.69 Å². The molecule has 0 saturated carbocycles. The number of benzene rings is 1. The second-order valence-corrected chi connectivity index (χ2v) is 5.02. The van der Waals surface area contributed by atoms with Gasteiger partial charge in [0.1, 0.15) is 5.69 Å². The van der Waals surface area contributed by atoms with Crippen LogP contribution >= 0.6 is 0 Å². The van der Waals surface area contributed by atoms with Crippen LogP contribution in [0.1, 0.15) is 37.6 Å². The van der Waals surface area contributed by atoms with Crippen LogP contribution in [0, 0.1) is 17.0 Å². The Morgan fingerprint density at radius 3 is 2.81 bits per heavy atom. The van der Waals surface area contributed by atoms with Gasteiger partial charge in [0.05, 0.1) is 11.1 Å². The molecule has 1 aromatic heterocycles. The molecule has 0 spiro atoms. The summed E-state index contributed by atoms with van der Waals surface area (Å²) >= 11 is 0. The molecular weight excluding hydrogens is 268 g/mol. The van der Waals surface area contributed by atoms with Crippen molar-refractivity contribution < 1.29 is 4.92 Å². The van der Waals surface area contributed by atoms with Crippen LogP contribution in [0.25, 0.3) is 5.69 Å². The third-order valence-corrected chi connectivity index (χ3v) is 3.52. The Morgan fingerprint density at radius 1 is 1.43 bits per heavy atom. The number of nitrogens with zero attached hydrogens (tertiary/aromatic N) is 3. The quantitative estimate of drug-likeness (QED) is 0.654. The van der Waals surface area contributed by atoms with E-state index in [0.717, 1.165) is 24.2 Å². The molecule has 0 aliphatic heterocycles. The zero-order valence-electron chi connectivity index (χ0n) is 12.5. The molecule has 0 radical (unpaired) electrons. The Kier molecular flexibility index (Phi) is 4.70. The molecule has 0 amide bonds. The van der Waals surface area contributed by atoms with E-state index in [1.54, 1.807) is 29.1 Å². The van der Waals surface area contributed by atoms with Gasteiger partial charge in [-0.3, -0.25) is 10.1 Å². The molecule has 0 aliphatic carbocycles. The van der Waals surface area contributed by atoms with E-state index in [1.807, 2.05) is 6.92 Å². The third kappa shape index (κ3) is 3.11. The van der Waals surface area contributed by atoms with Crippen LogP contribution in [0.4, 0.5) is 5.69 Å². The monoisotopic (exact) mass is 288 g/mol. The van der Waals surface area contributed by atoms with Crippen molar-refractivity contribution in [3.05, 3.63) is 51.8 Å². The number of rotatable bonds is 6. The molecule has 1 unspecified atom stereocenters. The Morgan fingerprint density at radius 2 is 2.14 bits per heavy atom. The molecule has 0 bridgehead atoms. The van der Waals surface area contributed by atoms with Crippen LogP contribution in [0.5, 0.6) is 0 Å². The summed E-state index contributed by atoms with van der Waals surface area (Å²) in [5, 5.41) is 18.9. The molecule has 1 heterocycles. The average Bonchev–Trinajstić information content (AvgIpc) is 2.86. The Balaban J connectivity index is 2.39. The zero-order valence-corrected chi connectivity index (χ0v) is 12.5. The molecule has 1 N–H and O–H groups in total. The van der Waals surface area contributed by atoms with Gasteiger partial charge in [-0.05, 0) is 32.9 Å². The predicted octanol–water partition coefficient (Wildman–Crippen LogP) is 3.15. The summed E-state index contributed by atoms with van der Waals surface area (Å²) in [6, 6.07) is 6.82. The van der Waals surface area contributed by atoms with E-state index in [9.17, 15) is 10.1 Å². The predicted molar refractivity (Wildman–Crippen MR) is 81.7 cm³/mol. The molecule has 0 aliphatic rings. The Hall–Kier alpha value is -2.21. The molecule has 6 nitrogen and oxygen atoms in total. The van der Waals surface area contributed by atoms with E-state index in [4.69, 9.17) is 0 Å². The maximum atomic E-state index is 11.1. The van der Waals surface area contributed by atoms with Gasteiger partial charge in [0.15, 0.2) is 0 Å². The lowest BCUT2D eigenvalue weighted by Crippen LogP contribution is -2.19. The van der Waals surface area contributed by atoms with E-state index in [1.165, 1.54) is 6.07 Å². The van der Waals surface area contributed by atoms with Gasteiger partial charge < -0.3 is 5.32 Å². The number of hydrogen-bond acceptors (Lipinski definition) is 4. The van der Waals surface area contributed by atoms with Crippen LogP contribution < -0.4 is 5.32 Å². The summed E-state index contributed by atoms with van der Waals surface area (Å²) in [5.74, 6) is 0. The van der Waals surface area contributed by atoms with Crippen molar-refractivity contribution in [2.45, 2.75) is 33.2 Å². The van der Waals surface area contributed by atoms with Crippen molar-refractivity contribution in [3.63, 3.8) is 0 Å². The van der Waals surface area contributed by atoms with Gasteiger partial charge >= 0.3 is 0 Å². The zero-order chi connectivity index (χ0) is 15.4. The summed E-state index contributed by atoms with van der Waals surface area (Å²) < 4.78 is 1.64. The maximum absolute atomic E-state index is 11.1. The number of nitro benzene ring substituents is 1. The van der Waals surface area contributed by atoms with Crippen molar-refractivity contribution in [2.75, 3.05) is 6.54 Å². The fraction of sp³-hybridized carbons (Fsp3) is 0.400. The van der Waals surface area contributed by atoms with Crippen molar-refractivity contribution >= 4 is 5.69 Å². The number of nitrogens with one attached hydrogen (secondary N) is 1. The highest BCUT2D eigenvalue weighted by Crippen LogP contribution is 2.26. The lowest BCUT2D eigenvalue weighted by Gasteiger charge is -2.13. The largest absolute Gasteiger partial charge is 0.310 e. The van der Waals surface area contributed by atoms with Crippen LogP contribution in [-0.4, -0.2) is 21.2 Å². The average molecular weight is 288 g/mol. The molecule has 2 aromatic rings.